The molecule has 0 bridgehead atoms. The second-order valence-corrected chi connectivity index (χ2v) is 9.01. The maximum atomic E-state index is 12.3. The van der Waals surface area contributed by atoms with Gasteiger partial charge in [0.05, 0.1) is 97.0 Å². The van der Waals surface area contributed by atoms with E-state index in [-0.39, 0.29) is 37.5 Å². The molecule has 0 fully saturated rings. The lowest BCUT2D eigenvalue weighted by molar-refractivity contribution is -0.145. The van der Waals surface area contributed by atoms with Crippen molar-refractivity contribution in [2.45, 2.75) is 39.0 Å². The van der Waals surface area contributed by atoms with Crippen molar-refractivity contribution in [2.75, 3.05) is 92.4 Å². The number of hydrogen-bond donors (Lipinski definition) is 0. The van der Waals surface area contributed by atoms with Gasteiger partial charge in [0.2, 0.25) is 0 Å². The predicted octanol–water partition coefficient (Wildman–Crippen LogP) is 2.90. The first kappa shape index (κ1) is 33.8. The van der Waals surface area contributed by atoms with Crippen molar-refractivity contribution in [3.8, 4) is 0 Å². The van der Waals surface area contributed by atoms with Crippen molar-refractivity contribution in [2.24, 2.45) is 0 Å². The van der Waals surface area contributed by atoms with Crippen molar-refractivity contribution in [1.82, 2.24) is 4.90 Å². The van der Waals surface area contributed by atoms with E-state index in [9.17, 15) is 14.4 Å². The topological polar surface area (TPSA) is 119 Å². The van der Waals surface area contributed by atoms with Crippen LogP contribution in [0, 0.1) is 0 Å². The number of fused-ring (bicyclic) bond motifs is 1. The molecular formula is C29H45NO10. The predicted molar refractivity (Wildman–Crippen MR) is 146 cm³/mol. The Kier molecular flexibility index (Phi) is 18.8. The number of ether oxygens (including phenoxy) is 7. The number of carbonyl (C=O) groups is 3. The zero-order valence-electron chi connectivity index (χ0n) is 23.8. The molecule has 1 aliphatic heterocycles. The van der Waals surface area contributed by atoms with E-state index in [0.717, 1.165) is 25.7 Å². The number of rotatable bonds is 26. The van der Waals surface area contributed by atoms with Gasteiger partial charge in [0.25, 0.3) is 11.8 Å². The summed E-state index contributed by atoms with van der Waals surface area (Å²) < 4.78 is 37.7. The number of carbonyl (C=O) groups excluding carboxylic acids is 3. The summed E-state index contributed by atoms with van der Waals surface area (Å²) in [7, 11) is 0. The Morgan fingerprint density at radius 2 is 1.02 bits per heavy atom. The molecule has 11 heteroatoms. The molecule has 1 aliphatic rings. The molecule has 11 nitrogen and oxygen atoms in total. The second-order valence-electron chi connectivity index (χ2n) is 9.01. The molecule has 2 rings (SSSR count). The summed E-state index contributed by atoms with van der Waals surface area (Å²) in [5.41, 5.74) is 0.883. The second kappa shape index (κ2) is 22.3. The van der Waals surface area contributed by atoms with E-state index in [4.69, 9.17) is 33.2 Å². The lowest BCUT2D eigenvalue weighted by Crippen LogP contribution is -2.33. The first-order valence-electron chi connectivity index (χ1n) is 14.2. The van der Waals surface area contributed by atoms with Crippen LogP contribution in [0.2, 0.25) is 0 Å². The van der Waals surface area contributed by atoms with Crippen LogP contribution in [-0.4, -0.2) is 115 Å². The van der Waals surface area contributed by atoms with Crippen LogP contribution in [0.3, 0.4) is 0 Å². The highest BCUT2D eigenvalue weighted by atomic mass is 16.6. The standard InChI is InChI=1S/C29H45NO10/c1-2-3-4-5-10-27(31)40-24-23-39-22-21-38-20-19-37-18-17-36-16-15-35-14-13-34-12-11-30-28(32)25-8-6-7-9-26(25)29(30)33/h6-9H,2-5,10-24H2,1H3. The van der Waals surface area contributed by atoms with Crippen LogP contribution >= 0.6 is 0 Å². The quantitative estimate of drug-likeness (QED) is 0.0939. The molecule has 1 aromatic rings. The molecule has 2 amide bonds. The Balaban J connectivity index is 1.25. The first-order valence-corrected chi connectivity index (χ1v) is 14.2. The van der Waals surface area contributed by atoms with Crippen molar-refractivity contribution in [1.29, 1.82) is 0 Å². The van der Waals surface area contributed by atoms with E-state index in [1.165, 1.54) is 4.90 Å². The Morgan fingerprint density at radius 1 is 0.600 bits per heavy atom. The van der Waals surface area contributed by atoms with Crippen molar-refractivity contribution < 1.29 is 47.5 Å². The van der Waals surface area contributed by atoms with E-state index >= 15 is 0 Å². The minimum atomic E-state index is -0.278. The zero-order chi connectivity index (χ0) is 28.7. The smallest absolute Gasteiger partial charge is 0.305 e. The molecule has 0 unspecified atom stereocenters. The summed E-state index contributed by atoms with van der Waals surface area (Å²) in [5, 5.41) is 0. The molecule has 40 heavy (non-hydrogen) atoms. The zero-order valence-corrected chi connectivity index (χ0v) is 23.8. The number of imide groups is 1. The van der Waals surface area contributed by atoms with Crippen LogP contribution < -0.4 is 0 Å². The number of amides is 2. The summed E-state index contributed by atoms with van der Waals surface area (Å²) in [4.78, 5) is 37.3. The van der Waals surface area contributed by atoms with Crippen molar-refractivity contribution in [3.05, 3.63) is 35.4 Å². The van der Waals surface area contributed by atoms with Gasteiger partial charge in [0.1, 0.15) is 6.61 Å². The third-order valence-corrected chi connectivity index (χ3v) is 5.92. The third-order valence-electron chi connectivity index (χ3n) is 5.92. The highest BCUT2D eigenvalue weighted by molar-refractivity contribution is 6.21. The molecule has 0 radical (unpaired) electrons. The maximum absolute atomic E-state index is 12.3. The highest BCUT2D eigenvalue weighted by Gasteiger charge is 2.34. The van der Waals surface area contributed by atoms with Crippen molar-refractivity contribution in [3.63, 3.8) is 0 Å². The number of esters is 1. The minimum Gasteiger partial charge on any atom is -0.463 e. The molecule has 0 aliphatic carbocycles. The molecule has 0 saturated carbocycles. The van der Waals surface area contributed by atoms with Crippen molar-refractivity contribution >= 4 is 17.8 Å². The Bertz CT molecular complexity index is 815. The minimum absolute atomic E-state index is 0.161. The van der Waals surface area contributed by atoms with Crippen LogP contribution in [0.15, 0.2) is 24.3 Å². The van der Waals surface area contributed by atoms with Gasteiger partial charge >= 0.3 is 5.97 Å². The molecule has 0 aromatic heterocycles. The normalized spacial score (nSPS) is 12.8. The van der Waals surface area contributed by atoms with Gasteiger partial charge in [-0.3, -0.25) is 19.3 Å². The van der Waals surface area contributed by atoms with Crippen LogP contribution in [0.1, 0.15) is 59.7 Å². The van der Waals surface area contributed by atoms with Gasteiger partial charge in [-0.25, -0.2) is 0 Å². The fourth-order valence-corrected chi connectivity index (χ4v) is 3.78. The molecule has 1 aromatic carbocycles. The Morgan fingerprint density at radius 3 is 1.48 bits per heavy atom. The number of nitrogens with zero attached hydrogens (tertiary/aromatic N) is 1. The van der Waals surface area contributed by atoms with Crippen LogP contribution in [-0.2, 0) is 38.0 Å². The van der Waals surface area contributed by atoms with Crippen LogP contribution in [0.4, 0.5) is 0 Å². The Hall–Kier alpha value is -2.41. The molecule has 0 spiro atoms. The number of unbranched alkanes of at least 4 members (excludes halogenated alkanes) is 3. The van der Waals surface area contributed by atoms with Gasteiger partial charge in [-0.1, -0.05) is 38.3 Å². The summed E-state index contributed by atoms with van der Waals surface area (Å²) in [6.45, 7) is 7.64. The number of hydrogen-bond acceptors (Lipinski definition) is 10. The van der Waals surface area contributed by atoms with E-state index in [1.807, 2.05) is 0 Å². The SMILES string of the molecule is CCCCCCC(=O)OCCOCCOCCOCCOCCOCCOCCN1C(=O)c2ccccc2C1=O. The molecular weight excluding hydrogens is 522 g/mol. The lowest BCUT2D eigenvalue weighted by Gasteiger charge is -2.13. The van der Waals surface area contributed by atoms with Gasteiger partial charge in [-0.15, -0.1) is 0 Å². The van der Waals surface area contributed by atoms with Gasteiger partial charge < -0.3 is 33.2 Å². The monoisotopic (exact) mass is 567 g/mol. The summed E-state index contributed by atoms with van der Waals surface area (Å²) in [5.74, 6) is -0.717. The average molecular weight is 568 g/mol. The molecule has 226 valence electrons. The average Bonchev–Trinajstić information content (AvgIpc) is 3.21. The van der Waals surface area contributed by atoms with Gasteiger partial charge in [0.15, 0.2) is 0 Å². The lowest BCUT2D eigenvalue weighted by atomic mass is 10.1. The summed E-state index contributed by atoms with van der Waals surface area (Å²) in [6, 6.07) is 6.81. The molecule has 0 saturated heterocycles. The van der Waals surface area contributed by atoms with E-state index < -0.39 is 0 Å². The van der Waals surface area contributed by atoms with E-state index in [2.05, 4.69) is 6.92 Å². The van der Waals surface area contributed by atoms with Crippen LogP contribution in [0.5, 0.6) is 0 Å². The van der Waals surface area contributed by atoms with E-state index in [1.54, 1.807) is 24.3 Å². The largest absolute Gasteiger partial charge is 0.463 e. The Labute approximate surface area is 237 Å². The number of benzene rings is 1. The third kappa shape index (κ3) is 14.3. The highest BCUT2D eigenvalue weighted by Crippen LogP contribution is 2.21. The van der Waals surface area contributed by atoms with Crippen LogP contribution in [0.25, 0.3) is 0 Å². The fraction of sp³-hybridized carbons (Fsp3) is 0.690. The molecule has 0 atom stereocenters. The van der Waals surface area contributed by atoms with Gasteiger partial charge in [-0.05, 0) is 18.6 Å². The van der Waals surface area contributed by atoms with Gasteiger partial charge in [-0.2, -0.15) is 0 Å². The summed E-state index contributed by atoms with van der Waals surface area (Å²) in [6.07, 6.45) is 4.73. The molecule has 0 N–H and O–H groups in total. The summed E-state index contributed by atoms with van der Waals surface area (Å²) >= 11 is 0. The molecule has 1 heterocycles. The van der Waals surface area contributed by atoms with E-state index in [0.29, 0.717) is 90.2 Å². The first-order chi connectivity index (χ1) is 19.6. The van der Waals surface area contributed by atoms with Gasteiger partial charge in [0, 0.05) is 6.42 Å². The fourth-order valence-electron chi connectivity index (χ4n) is 3.78. The maximum Gasteiger partial charge on any atom is 0.305 e.